The molecule has 1 aliphatic carbocycles. The number of carboxylic acid groups (broad SMARTS) is 1. The average Bonchev–Trinajstić information content (AvgIpc) is 2.53. The van der Waals surface area contributed by atoms with Crippen LogP contribution in [0.3, 0.4) is 0 Å². The summed E-state index contributed by atoms with van der Waals surface area (Å²) < 4.78 is 0. The lowest BCUT2D eigenvalue weighted by molar-refractivity contribution is -0.152. The van der Waals surface area contributed by atoms with Gasteiger partial charge in [0.15, 0.2) is 0 Å². The van der Waals surface area contributed by atoms with Crippen molar-refractivity contribution in [1.29, 1.82) is 0 Å². The Morgan fingerprint density at radius 2 is 1.78 bits per heavy atom. The van der Waals surface area contributed by atoms with Gasteiger partial charge in [-0.05, 0) is 12.8 Å². The van der Waals surface area contributed by atoms with Crippen LogP contribution in [-0.4, -0.2) is 23.5 Å². The number of amides is 1. The molecule has 102 valence electrons. The second-order valence-corrected chi connectivity index (χ2v) is 5.50. The Bertz CT molecular complexity index is 333. The fourth-order valence-corrected chi connectivity index (χ4v) is 2.50. The largest absolute Gasteiger partial charge is 0.481 e. The van der Waals surface area contributed by atoms with Crippen LogP contribution in [0.4, 0.5) is 0 Å². The van der Waals surface area contributed by atoms with Gasteiger partial charge in [0.05, 0.1) is 12.0 Å². The van der Waals surface area contributed by atoms with Crippen molar-refractivity contribution in [2.75, 3.05) is 6.54 Å². The minimum absolute atomic E-state index is 0.0342. The number of nitrogens with one attached hydrogen (secondary N) is 1. The SMILES string of the molecule is C=C(Cl)CNC(=O)CC1(C(=O)O)CCCCCC1. The van der Waals surface area contributed by atoms with E-state index in [2.05, 4.69) is 11.9 Å². The van der Waals surface area contributed by atoms with Crippen molar-refractivity contribution in [3.63, 3.8) is 0 Å². The standard InChI is InChI=1S/C13H20ClNO3/c1-10(14)9-15-11(16)8-13(12(17)18)6-4-2-3-5-7-13/h1-9H2,(H,15,16)(H,17,18). The monoisotopic (exact) mass is 273 g/mol. The highest BCUT2D eigenvalue weighted by Crippen LogP contribution is 2.38. The minimum atomic E-state index is -0.895. The zero-order valence-corrected chi connectivity index (χ0v) is 11.3. The molecule has 1 fully saturated rings. The Hall–Kier alpha value is -1.03. The first-order valence-electron chi connectivity index (χ1n) is 6.30. The Morgan fingerprint density at radius 1 is 1.22 bits per heavy atom. The van der Waals surface area contributed by atoms with E-state index in [1.54, 1.807) is 0 Å². The van der Waals surface area contributed by atoms with Crippen molar-refractivity contribution >= 4 is 23.5 Å². The van der Waals surface area contributed by atoms with Gasteiger partial charge in [0, 0.05) is 11.5 Å². The summed E-state index contributed by atoms with van der Waals surface area (Å²) in [7, 11) is 0. The summed E-state index contributed by atoms with van der Waals surface area (Å²) >= 11 is 5.56. The number of carbonyl (C=O) groups is 2. The first kappa shape index (κ1) is 15.0. The topological polar surface area (TPSA) is 66.4 Å². The van der Waals surface area contributed by atoms with E-state index in [0.717, 1.165) is 25.7 Å². The third-order valence-electron chi connectivity index (χ3n) is 3.49. The molecule has 0 spiro atoms. The molecule has 0 aromatic carbocycles. The normalized spacial score (nSPS) is 18.7. The van der Waals surface area contributed by atoms with E-state index >= 15 is 0 Å². The lowest BCUT2D eigenvalue weighted by Gasteiger charge is -2.27. The van der Waals surface area contributed by atoms with Gasteiger partial charge in [-0.1, -0.05) is 43.9 Å². The molecule has 0 aromatic rings. The van der Waals surface area contributed by atoms with Crippen molar-refractivity contribution in [2.45, 2.75) is 44.9 Å². The molecule has 0 heterocycles. The Labute approximate surface area is 112 Å². The molecule has 0 aliphatic heterocycles. The van der Waals surface area contributed by atoms with Crippen LogP contribution in [0.15, 0.2) is 11.6 Å². The average molecular weight is 274 g/mol. The molecule has 0 aromatic heterocycles. The molecule has 4 nitrogen and oxygen atoms in total. The van der Waals surface area contributed by atoms with E-state index in [1.165, 1.54) is 0 Å². The molecular formula is C13H20ClNO3. The molecule has 18 heavy (non-hydrogen) atoms. The van der Waals surface area contributed by atoms with Gasteiger partial charge < -0.3 is 10.4 Å². The molecular weight excluding hydrogens is 254 g/mol. The zero-order valence-electron chi connectivity index (χ0n) is 10.5. The quantitative estimate of drug-likeness (QED) is 0.757. The second kappa shape index (κ2) is 6.78. The molecule has 0 bridgehead atoms. The van der Waals surface area contributed by atoms with Gasteiger partial charge >= 0.3 is 5.97 Å². The molecule has 1 rings (SSSR count). The van der Waals surface area contributed by atoms with E-state index < -0.39 is 11.4 Å². The predicted molar refractivity (Wildman–Crippen MR) is 70.4 cm³/mol. The second-order valence-electron chi connectivity index (χ2n) is 4.97. The number of aliphatic carboxylic acids is 1. The molecule has 0 saturated heterocycles. The summed E-state index contributed by atoms with van der Waals surface area (Å²) in [5.74, 6) is -1.12. The summed E-state index contributed by atoms with van der Waals surface area (Å²) in [6, 6.07) is 0. The van der Waals surface area contributed by atoms with Crippen molar-refractivity contribution in [3.8, 4) is 0 Å². The van der Waals surface area contributed by atoms with Crippen LogP contribution in [0.5, 0.6) is 0 Å². The lowest BCUT2D eigenvalue weighted by atomic mass is 9.77. The first-order chi connectivity index (χ1) is 8.46. The van der Waals surface area contributed by atoms with Crippen LogP contribution in [0.25, 0.3) is 0 Å². The van der Waals surface area contributed by atoms with Crippen molar-refractivity contribution in [3.05, 3.63) is 11.6 Å². The molecule has 0 atom stereocenters. The summed E-state index contributed by atoms with van der Waals surface area (Å²) in [5.41, 5.74) is -0.895. The summed E-state index contributed by atoms with van der Waals surface area (Å²) in [6.07, 6.45) is 5.05. The maximum atomic E-state index is 11.8. The minimum Gasteiger partial charge on any atom is -0.481 e. The molecule has 5 heteroatoms. The van der Waals surface area contributed by atoms with Crippen molar-refractivity contribution in [2.24, 2.45) is 5.41 Å². The van der Waals surface area contributed by atoms with Crippen LogP contribution in [0.1, 0.15) is 44.9 Å². The number of halogens is 1. The zero-order chi connectivity index (χ0) is 13.6. The first-order valence-corrected chi connectivity index (χ1v) is 6.67. The molecule has 1 saturated carbocycles. The maximum Gasteiger partial charge on any atom is 0.310 e. The molecule has 0 unspecified atom stereocenters. The van der Waals surface area contributed by atoms with E-state index in [0.29, 0.717) is 17.9 Å². The van der Waals surface area contributed by atoms with Crippen LogP contribution in [0.2, 0.25) is 0 Å². The molecule has 1 amide bonds. The molecule has 2 N–H and O–H groups in total. The summed E-state index contributed by atoms with van der Waals surface area (Å²) in [6.45, 7) is 3.67. The van der Waals surface area contributed by atoms with Gasteiger partial charge in [0.25, 0.3) is 0 Å². The lowest BCUT2D eigenvalue weighted by Crippen LogP contribution is -2.37. The van der Waals surface area contributed by atoms with E-state index in [4.69, 9.17) is 11.6 Å². The third kappa shape index (κ3) is 4.33. The smallest absolute Gasteiger partial charge is 0.310 e. The van der Waals surface area contributed by atoms with Gasteiger partial charge in [0.2, 0.25) is 5.91 Å². The fraction of sp³-hybridized carbons (Fsp3) is 0.692. The maximum absolute atomic E-state index is 11.8. The van der Waals surface area contributed by atoms with Crippen LogP contribution < -0.4 is 5.32 Å². The Balaban J connectivity index is 2.64. The molecule has 0 radical (unpaired) electrons. The van der Waals surface area contributed by atoms with Gasteiger partial charge in [-0.2, -0.15) is 0 Å². The Kier molecular flexibility index (Phi) is 5.66. The predicted octanol–water partition coefficient (Wildman–Crippen LogP) is 2.67. The highest BCUT2D eigenvalue weighted by Gasteiger charge is 2.40. The number of rotatable bonds is 5. The van der Waals surface area contributed by atoms with E-state index in [9.17, 15) is 14.7 Å². The number of hydrogen-bond donors (Lipinski definition) is 2. The van der Waals surface area contributed by atoms with Crippen LogP contribution in [0, 0.1) is 5.41 Å². The van der Waals surface area contributed by atoms with Crippen molar-refractivity contribution < 1.29 is 14.7 Å². The van der Waals surface area contributed by atoms with Gasteiger partial charge in [0.1, 0.15) is 0 Å². The van der Waals surface area contributed by atoms with Gasteiger partial charge in [-0.3, -0.25) is 9.59 Å². The van der Waals surface area contributed by atoms with Gasteiger partial charge in [-0.25, -0.2) is 0 Å². The fourth-order valence-electron chi connectivity index (χ4n) is 2.44. The van der Waals surface area contributed by atoms with E-state index in [-0.39, 0.29) is 18.9 Å². The Morgan fingerprint density at radius 3 is 2.22 bits per heavy atom. The summed E-state index contributed by atoms with van der Waals surface area (Å²) in [4.78, 5) is 23.2. The van der Waals surface area contributed by atoms with E-state index in [1.807, 2.05) is 0 Å². The van der Waals surface area contributed by atoms with Gasteiger partial charge in [-0.15, -0.1) is 0 Å². The summed E-state index contributed by atoms with van der Waals surface area (Å²) in [5, 5.41) is 12.4. The number of hydrogen-bond acceptors (Lipinski definition) is 2. The number of carbonyl (C=O) groups excluding carboxylic acids is 1. The highest BCUT2D eigenvalue weighted by atomic mass is 35.5. The van der Waals surface area contributed by atoms with Crippen molar-refractivity contribution in [1.82, 2.24) is 5.32 Å². The highest BCUT2D eigenvalue weighted by molar-refractivity contribution is 6.29. The number of carboxylic acids is 1. The van der Waals surface area contributed by atoms with Crippen LogP contribution >= 0.6 is 11.6 Å². The molecule has 1 aliphatic rings. The third-order valence-corrected chi connectivity index (χ3v) is 3.62. The van der Waals surface area contributed by atoms with Crippen LogP contribution in [-0.2, 0) is 9.59 Å².